The molecule has 0 amide bonds. The van der Waals surface area contributed by atoms with Crippen LogP contribution in [-0.2, 0) is 6.54 Å². The average molecular weight is 277 g/mol. The largest absolute Gasteiger partial charge is 0.395 e. The van der Waals surface area contributed by atoms with Crippen LogP contribution in [0, 0.1) is 5.82 Å². The molecule has 0 radical (unpaired) electrons. The number of hydrogen-bond donors (Lipinski definition) is 3. The fraction of sp³-hybridized carbons (Fsp3) is 0.364. The summed E-state index contributed by atoms with van der Waals surface area (Å²) < 4.78 is 13.5. The lowest BCUT2D eigenvalue weighted by molar-refractivity contribution is 0.300. The first kappa shape index (κ1) is 14.3. The van der Waals surface area contributed by atoms with Crippen LogP contribution in [0.2, 0.25) is 5.02 Å². The van der Waals surface area contributed by atoms with Crippen LogP contribution in [0.25, 0.3) is 0 Å². The van der Waals surface area contributed by atoms with Crippen molar-refractivity contribution < 1.29 is 9.50 Å². The highest BCUT2D eigenvalue weighted by Crippen LogP contribution is 2.17. The second-order valence-electron chi connectivity index (χ2n) is 3.39. The maximum Gasteiger partial charge on any atom is 0.146 e. The molecule has 0 aliphatic heterocycles. The first-order chi connectivity index (χ1) is 8.15. The number of aliphatic hydroxyl groups is 1. The Kier molecular flexibility index (Phi) is 6.36. The smallest absolute Gasteiger partial charge is 0.146 e. The fourth-order valence-electron chi connectivity index (χ4n) is 1.25. The molecule has 0 fully saturated rings. The predicted molar refractivity (Wildman–Crippen MR) is 70.8 cm³/mol. The second kappa shape index (κ2) is 7.55. The molecule has 1 aromatic rings. The lowest BCUT2D eigenvalue weighted by Crippen LogP contribution is -2.33. The molecule has 17 heavy (non-hydrogen) atoms. The summed E-state index contributed by atoms with van der Waals surface area (Å²) in [5, 5.41) is 14.5. The van der Waals surface area contributed by atoms with Crippen molar-refractivity contribution in [1.82, 2.24) is 10.6 Å². The number of aliphatic hydroxyl groups excluding tert-OH is 1. The first-order valence-electron chi connectivity index (χ1n) is 5.16. The summed E-state index contributed by atoms with van der Waals surface area (Å²) in [7, 11) is 0. The van der Waals surface area contributed by atoms with Crippen molar-refractivity contribution in [3.05, 3.63) is 34.6 Å². The topological polar surface area (TPSA) is 44.3 Å². The minimum atomic E-state index is -0.407. The quantitative estimate of drug-likeness (QED) is 0.689. The Hall–Kier alpha value is -0.750. The van der Waals surface area contributed by atoms with Gasteiger partial charge in [0.1, 0.15) is 5.82 Å². The van der Waals surface area contributed by atoms with Gasteiger partial charge in [-0.3, -0.25) is 0 Å². The molecule has 0 spiro atoms. The highest BCUT2D eigenvalue weighted by atomic mass is 35.5. The van der Waals surface area contributed by atoms with Crippen LogP contribution in [0.5, 0.6) is 0 Å². The van der Waals surface area contributed by atoms with E-state index in [2.05, 4.69) is 10.6 Å². The van der Waals surface area contributed by atoms with Crippen molar-refractivity contribution in [3.63, 3.8) is 0 Å². The molecule has 0 aromatic heterocycles. The molecule has 1 aromatic carbocycles. The first-order valence-corrected chi connectivity index (χ1v) is 5.95. The number of hydrogen-bond acceptors (Lipinski definition) is 3. The lowest BCUT2D eigenvalue weighted by atomic mass is 10.2. The average Bonchev–Trinajstić information content (AvgIpc) is 2.32. The van der Waals surface area contributed by atoms with E-state index >= 15 is 0 Å². The van der Waals surface area contributed by atoms with Gasteiger partial charge >= 0.3 is 0 Å². The molecule has 0 aliphatic carbocycles. The zero-order valence-electron chi connectivity index (χ0n) is 9.17. The van der Waals surface area contributed by atoms with Crippen LogP contribution in [0.3, 0.4) is 0 Å². The SMILES string of the molecule is OCCNC(=S)CNCc1cccc(Cl)c1F. The standard InChI is InChI=1S/C11H14ClFN2OS/c12-9-3-1-2-8(11(9)13)6-14-7-10(17)15-4-5-16/h1-3,14,16H,4-7H2,(H,15,17). The van der Waals surface area contributed by atoms with E-state index in [0.29, 0.717) is 30.2 Å². The van der Waals surface area contributed by atoms with E-state index in [4.69, 9.17) is 28.9 Å². The van der Waals surface area contributed by atoms with Crippen molar-refractivity contribution in [2.75, 3.05) is 19.7 Å². The van der Waals surface area contributed by atoms with Gasteiger partial charge in [-0.25, -0.2) is 4.39 Å². The number of thiocarbonyl (C=S) groups is 1. The van der Waals surface area contributed by atoms with Gasteiger partial charge in [0.15, 0.2) is 0 Å². The van der Waals surface area contributed by atoms with Gasteiger partial charge in [-0.15, -0.1) is 0 Å². The van der Waals surface area contributed by atoms with E-state index in [1.807, 2.05) is 0 Å². The van der Waals surface area contributed by atoms with Crippen LogP contribution in [0.1, 0.15) is 5.56 Å². The van der Waals surface area contributed by atoms with E-state index in [0.717, 1.165) is 0 Å². The van der Waals surface area contributed by atoms with Gasteiger partial charge in [-0.2, -0.15) is 0 Å². The minimum Gasteiger partial charge on any atom is -0.395 e. The molecule has 1 rings (SSSR count). The van der Waals surface area contributed by atoms with Crippen LogP contribution < -0.4 is 10.6 Å². The molecular formula is C11H14ClFN2OS. The highest BCUT2D eigenvalue weighted by Gasteiger charge is 2.05. The van der Waals surface area contributed by atoms with Crippen molar-refractivity contribution >= 4 is 28.8 Å². The second-order valence-corrected chi connectivity index (χ2v) is 4.29. The zero-order valence-corrected chi connectivity index (χ0v) is 10.7. The molecule has 0 heterocycles. The van der Waals surface area contributed by atoms with E-state index in [-0.39, 0.29) is 11.6 Å². The van der Waals surface area contributed by atoms with Gasteiger partial charge in [0, 0.05) is 25.2 Å². The molecule has 0 aliphatic rings. The summed E-state index contributed by atoms with van der Waals surface area (Å²) in [4.78, 5) is 0.585. The maximum absolute atomic E-state index is 13.5. The molecule has 0 saturated heterocycles. The summed E-state index contributed by atoms with van der Waals surface area (Å²) in [6.45, 7) is 1.24. The molecular weight excluding hydrogens is 263 g/mol. The van der Waals surface area contributed by atoms with Gasteiger partial charge < -0.3 is 15.7 Å². The van der Waals surface area contributed by atoms with Gasteiger partial charge in [0.25, 0.3) is 0 Å². The molecule has 94 valence electrons. The highest BCUT2D eigenvalue weighted by molar-refractivity contribution is 7.80. The third-order valence-corrected chi connectivity index (χ3v) is 2.65. The van der Waals surface area contributed by atoms with Crippen molar-refractivity contribution in [2.24, 2.45) is 0 Å². The van der Waals surface area contributed by atoms with Gasteiger partial charge in [0.2, 0.25) is 0 Å². The Morgan fingerprint density at radius 1 is 1.47 bits per heavy atom. The third kappa shape index (κ3) is 4.95. The van der Waals surface area contributed by atoms with Crippen LogP contribution >= 0.6 is 23.8 Å². The van der Waals surface area contributed by atoms with E-state index in [1.54, 1.807) is 12.1 Å². The Bertz CT molecular complexity index is 390. The van der Waals surface area contributed by atoms with Crippen LogP contribution in [0.15, 0.2) is 18.2 Å². The molecule has 6 heteroatoms. The summed E-state index contributed by atoms with van der Waals surface area (Å²) in [6.07, 6.45) is 0. The Morgan fingerprint density at radius 3 is 2.94 bits per heavy atom. The minimum absolute atomic E-state index is 0.0308. The summed E-state index contributed by atoms with van der Waals surface area (Å²) in [6, 6.07) is 4.87. The lowest BCUT2D eigenvalue weighted by Gasteiger charge is -2.09. The zero-order chi connectivity index (χ0) is 12.7. The van der Waals surface area contributed by atoms with E-state index < -0.39 is 5.82 Å². The fourth-order valence-corrected chi connectivity index (χ4v) is 1.65. The van der Waals surface area contributed by atoms with Crippen molar-refractivity contribution in [1.29, 1.82) is 0 Å². The van der Waals surface area contributed by atoms with E-state index in [1.165, 1.54) is 6.07 Å². The summed E-state index contributed by atoms with van der Waals surface area (Å²) in [5.74, 6) is -0.407. The van der Waals surface area contributed by atoms with Crippen molar-refractivity contribution in [3.8, 4) is 0 Å². The Balaban J connectivity index is 2.36. The molecule has 0 atom stereocenters. The Labute approximate surface area is 110 Å². The third-order valence-electron chi connectivity index (χ3n) is 2.07. The van der Waals surface area contributed by atoms with E-state index in [9.17, 15) is 4.39 Å². The maximum atomic E-state index is 13.5. The molecule has 0 unspecified atom stereocenters. The summed E-state index contributed by atoms with van der Waals surface area (Å²) >= 11 is 10.6. The summed E-state index contributed by atoms with van der Waals surface area (Å²) in [5.41, 5.74) is 0.502. The molecule has 3 nitrogen and oxygen atoms in total. The number of halogens is 2. The van der Waals surface area contributed by atoms with Gasteiger partial charge in [-0.05, 0) is 6.07 Å². The number of nitrogens with one attached hydrogen (secondary N) is 2. The van der Waals surface area contributed by atoms with Gasteiger partial charge in [-0.1, -0.05) is 36.0 Å². The normalized spacial score (nSPS) is 10.3. The predicted octanol–water partition coefficient (Wildman–Crippen LogP) is 1.48. The van der Waals surface area contributed by atoms with Crippen LogP contribution in [0.4, 0.5) is 4.39 Å². The number of rotatable bonds is 6. The molecule has 0 saturated carbocycles. The number of benzene rings is 1. The van der Waals surface area contributed by atoms with Crippen LogP contribution in [-0.4, -0.2) is 29.8 Å². The van der Waals surface area contributed by atoms with Gasteiger partial charge in [0.05, 0.1) is 16.6 Å². The molecule has 0 bridgehead atoms. The molecule has 3 N–H and O–H groups in total. The Morgan fingerprint density at radius 2 is 2.24 bits per heavy atom. The van der Waals surface area contributed by atoms with Crippen molar-refractivity contribution in [2.45, 2.75) is 6.54 Å². The monoisotopic (exact) mass is 276 g/mol.